The van der Waals surface area contributed by atoms with Gasteiger partial charge in [-0.05, 0) is 48.5 Å². The molecule has 56 heavy (non-hydrogen) atoms. The molecule has 292 valence electrons. The van der Waals surface area contributed by atoms with Gasteiger partial charge in [0, 0.05) is 89.1 Å². The number of hydrogen-bond donors (Lipinski definition) is 0. The number of benzene rings is 2. The average molecular weight is 803 g/mol. The Labute approximate surface area is 329 Å². The third-order valence-corrected chi connectivity index (χ3v) is 9.82. The highest BCUT2D eigenvalue weighted by Crippen LogP contribution is 2.34. The molecule has 0 aliphatic carbocycles. The van der Waals surface area contributed by atoms with E-state index in [1.54, 1.807) is 67.6 Å². The molecule has 18 heteroatoms. The van der Waals surface area contributed by atoms with E-state index in [1.165, 1.54) is 53.9 Å². The van der Waals surface area contributed by atoms with Crippen LogP contribution in [-0.2, 0) is 25.5 Å². The van der Waals surface area contributed by atoms with Crippen LogP contribution in [0.25, 0.3) is 22.1 Å². The number of methoxy groups -OCH3 is 2. The molecule has 0 N–H and O–H groups in total. The Hall–Kier alpha value is -5.50. The highest BCUT2D eigenvalue weighted by Gasteiger charge is 2.13. The van der Waals surface area contributed by atoms with Crippen molar-refractivity contribution in [2.75, 3.05) is 60.5 Å². The maximum atomic E-state index is 12.4. The van der Waals surface area contributed by atoms with E-state index in [-0.39, 0.29) is 16.9 Å². The van der Waals surface area contributed by atoms with Gasteiger partial charge in [0.2, 0.25) is 5.88 Å². The van der Waals surface area contributed by atoms with Crippen molar-refractivity contribution in [3.63, 3.8) is 0 Å². The Morgan fingerprint density at radius 1 is 0.625 bits per heavy atom. The van der Waals surface area contributed by atoms with Crippen LogP contribution < -0.4 is 10.3 Å². The van der Waals surface area contributed by atoms with Crippen molar-refractivity contribution < 1.29 is 33.5 Å². The fraction of sp³-hybridized carbons (Fsp3) is 0.263. The van der Waals surface area contributed by atoms with E-state index in [9.17, 15) is 25.0 Å². The molecular formula is C38H38N6O10S2. The minimum atomic E-state index is -0.433. The Morgan fingerprint density at radius 3 is 1.77 bits per heavy atom. The molecular weight excluding hydrogens is 765 g/mol. The molecule has 0 saturated heterocycles. The van der Waals surface area contributed by atoms with Crippen molar-refractivity contribution in [3.05, 3.63) is 128 Å². The predicted molar refractivity (Wildman–Crippen MR) is 211 cm³/mol. The minimum Gasteiger partial charge on any atom is -0.475 e. The second-order valence-corrected chi connectivity index (χ2v) is 13.7. The summed E-state index contributed by atoms with van der Waals surface area (Å²) in [6.07, 6.45) is 3.39. The summed E-state index contributed by atoms with van der Waals surface area (Å²) in [5.41, 5.74) is 2.83. The van der Waals surface area contributed by atoms with Crippen molar-refractivity contribution in [1.82, 2.24) is 19.5 Å². The minimum absolute atomic E-state index is 0.0362. The van der Waals surface area contributed by atoms with Gasteiger partial charge in [-0.2, -0.15) is 0 Å². The lowest BCUT2D eigenvalue weighted by atomic mass is 10.3. The summed E-state index contributed by atoms with van der Waals surface area (Å²) in [5.74, 6) is 0.487. The summed E-state index contributed by atoms with van der Waals surface area (Å²) >= 11 is 2.89. The normalized spacial score (nSPS) is 11.0. The molecule has 16 nitrogen and oxygen atoms in total. The first-order chi connectivity index (χ1) is 27.3. The van der Waals surface area contributed by atoms with Gasteiger partial charge in [0.1, 0.15) is 12.1 Å². The molecule has 4 heterocycles. The van der Waals surface area contributed by atoms with Gasteiger partial charge in [0.25, 0.3) is 16.9 Å². The largest absolute Gasteiger partial charge is 0.475 e. The first kappa shape index (κ1) is 41.7. The molecule has 2 aromatic carbocycles. The van der Waals surface area contributed by atoms with E-state index in [1.807, 2.05) is 18.2 Å². The highest BCUT2D eigenvalue weighted by atomic mass is 32.2. The molecule has 0 unspecified atom stereocenters. The topological polar surface area (TPSA) is 193 Å². The summed E-state index contributed by atoms with van der Waals surface area (Å²) in [4.78, 5) is 49.9. The lowest BCUT2D eigenvalue weighted by Crippen LogP contribution is -2.23. The fourth-order valence-electron chi connectivity index (χ4n) is 5.02. The number of nitrogens with zero attached hydrogens (tertiary/aromatic N) is 6. The molecule has 0 bridgehead atoms. The van der Waals surface area contributed by atoms with E-state index in [2.05, 4.69) is 15.0 Å². The van der Waals surface area contributed by atoms with E-state index in [0.29, 0.717) is 75.2 Å². The van der Waals surface area contributed by atoms with Gasteiger partial charge in [0.05, 0.1) is 66.0 Å². The zero-order chi connectivity index (χ0) is 39.7. The van der Waals surface area contributed by atoms with Crippen molar-refractivity contribution in [2.45, 2.75) is 26.1 Å². The van der Waals surface area contributed by atoms with Crippen LogP contribution in [0.1, 0.15) is 0 Å². The summed E-state index contributed by atoms with van der Waals surface area (Å²) in [7, 11) is 3.23. The van der Waals surface area contributed by atoms with Crippen LogP contribution in [0.2, 0.25) is 0 Å². The lowest BCUT2D eigenvalue weighted by Gasteiger charge is -2.13. The van der Waals surface area contributed by atoms with Gasteiger partial charge in [-0.15, -0.1) is 0 Å². The molecule has 0 aliphatic heterocycles. The quantitative estimate of drug-likeness (QED) is 0.0469. The molecule has 6 aromatic rings. The predicted octanol–water partition coefficient (Wildman–Crippen LogP) is 6.85. The monoisotopic (exact) mass is 802 g/mol. The number of ether oxygens (including phenoxy) is 5. The first-order valence-electron chi connectivity index (χ1n) is 17.1. The molecule has 6 rings (SSSR count). The SMILES string of the molecule is COCCOCCOc1ccc2nccc(Sc3ccc([N+](=O)[O-])cc3)c2n1.COCCOCCn1c(=O)ccc2nccc(Sc3ccc([N+](=O)[O-])cc3)c21. The molecule has 0 aliphatic rings. The Morgan fingerprint density at radius 2 is 1.16 bits per heavy atom. The number of aromatic nitrogens is 4. The van der Waals surface area contributed by atoms with Crippen molar-refractivity contribution in [1.29, 1.82) is 0 Å². The van der Waals surface area contributed by atoms with Crippen LogP contribution >= 0.6 is 23.5 Å². The van der Waals surface area contributed by atoms with Crippen LogP contribution in [0.3, 0.4) is 0 Å². The van der Waals surface area contributed by atoms with Gasteiger partial charge in [-0.25, -0.2) is 4.98 Å². The van der Waals surface area contributed by atoms with E-state index in [0.717, 1.165) is 25.1 Å². The zero-order valence-electron chi connectivity index (χ0n) is 30.5. The van der Waals surface area contributed by atoms with Crippen molar-refractivity contribution >= 4 is 57.0 Å². The van der Waals surface area contributed by atoms with Crippen LogP contribution in [-0.4, -0.2) is 89.8 Å². The maximum absolute atomic E-state index is 12.4. The fourth-order valence-corrected chi connectivity index (χ4v) is 6.89. The summed E-state index contributed by atoms with van der Waals surface area (Å²) in [6, 6.07) is 23.2. The lowest BCUT2D eigenvalue weighted by molar-refractivity contribution is -0.385. The molecule has 4 aromatic heterocycles. The third kappa shape index (κ3) is 12.0. The van der Waals surface area contributed by atoms with E-state index >= 15 is 0 Å². The third-order valence-electron chi connectivity index (χ3n) is 7.71. The molecule has 0 atom stereocenters. The van der Waals surface area contributed by atoms with Gasteiger partial charge >= 0.3 is 0 Å². The number of hydrogen-bond acceptors (Lipinski definition) is 15. The number of fused-ring (bicyclic) bond motifs is 2. The summed E-state index contributed by atoms with van der Waals surface area (Å²) < 4.78 is 28.0. The smallest absolute Gasteiger partial charge is 0.269 e. The average Bonchev–Trinajstić information content (AvgIpc) is 3.21. The van der Waals surface area contributed by atoms with Crippen LogP contribution in [0, 0.1) is 20.2 Å². The second-order valence-electron chi connectivity index (χ2n) is 11.5. The first-order valence-corrected chi connectivity index (χ1v) is 18.8. The number of nitro benzene ring substituents is 2. The summed E-state index contributed by atoms with van der Waals surface area (Å²) in [5, 5.41) is 21.6. The highest BCUT2D eigenvalue weighted by molar-refractivity contribution is 7.99. The zero-order valence-corrected chi connectivity index (χ0v) is 32.1. The van der Waals surface area contributed by atoms with Gasteiger partial charge in [0.15, 0.2) is 0 Å². The summed E-state index contributed by atoms with van der Waals surface area (Å²) in [6.45, 7) is 3.60. The van der Waals surface area contributed by atoms with Crippen molar-refractivity contribution in [3.8, 4) is 5.88 Å². The van der Waals surface area contributed by atoms with E-state index in [4.69, 9.17) is 23.7 Å². The molecule has 0 spiro atoms. The van der Waals surface area contributed by atoms with Crippen molar-refractivity contribution in [2.24, 2.45) is 0 Å². The Bertz CT molecular complexity index is 2280. The Balaban J connectivity index is 0.000000214. The molecule has 0 amide bonds. The number of nitro groups is 2. The van der Waals surface area contributed by atoms with Gasteiger partial charge < -0.3 is 28.3 Å². The molecule has 0 fully saturated rings. The second kappa shape index (κ2) is 21.6. The maximum Gasteiger partial charge on any atom is 0.269 e. The number of pyridine rings is 4. The van der Waals surface area contributed by atoms with E-state index < -0.39 is 9.85 Å². The Kier molecular flexibility index (Phi) is 16.0. The number of non-ortho nitro benzene ring substituents is 2. The van der Waals surface area contributed by atoms with Crippen LogP contribution in [0.15, 0.2) is 122 Å². The standard InChI is InChI=1S/2C19H19N3O5S/c1-25-10-11-26-12-13-27-18-7-6-16-19(21-18)17(8-9-20-16)28-15-4-2-14(3-5-15)22(23)24;1-26-12-13-27-11-10-21-18(23)7-6-16-19(21)17(8-9-20-16)28-15-4-2-14(3-5-15)22(24)25/h2*2-9H,10-13H2,1H3. The van der Waals surface area contributed by atoms with Gasteiger partial charge in [-0.3, -0.25) is 35.0 Å². The number of rotatable bonds is 19. The molecule has 0 saturated carbocycles. The van der Waals surface area contributed by atoms with Crippen LogP contribution in [0.4, 0.5) is 11.4 Å². The molecule has 0 radical (unpaired) electrons. The van der Waals surface area contributed by atoms with Crippen LogP contribution in [0.5, 0.6) is 5.88 Å². The van der Waals surface area contributed by atoms with Gasteiger partial charge in [-0.1, -0.05) is 23.5 Å².